The van der Waals surface area contributed by atoms with E-state index < -0.39 is 11.7 Å². The van der Waals surface area contributed by atoms with E-state index in [1.165, 1.54) is 30.5 Å². The predicted octanol–water partition coefficient (Wildman–Crippen LogP) is 2.41. The molecule has 0 atom stereocenters. The summed E-state index contributed by atoms with van der Waals surface area (Å²) in [7, 11) is 0. The van der Waals surface area contributed by atoms with Crippen LogP contribution in [-0.2, 0) is 0 Å². The highest BCUT2D eigenvalue weighted by Crippen LogP contribution is 2.19. The molecule has 98 valence electrons. The molecule has 0 saturated heterocycles. The quantitative estimate of drug-likeness (QED) is 0.596. The molecule has 0 spiro atoms. The minimum Gasteiger partial charge on any atom is -0.322 e. The third kappa shape index (κ3) is 3.40. The van der Waals surface area contributed by atoms with E-state index in [-0.39, 0.29) is 10.7 Å². The van der Waals surface area contributed by atoms with Gasteiger partial charge in [0.2, 0.25) is 0 Å². The van der Waals surface area contributed by atoms with Crippen LogP contribution >= 0.6 is 11.6 Å². The van der Waals surface area contributed by atoms with Crippen molar-refractivity contribution in [2.45, 2.75) is 0 Å². The van der Waals surface area contributed by atoms with E-state index >= 15 is 0 Å². The summed E-state index contributed by atoms with van der Waals surface area (Å²) in [6, 6.07) is 6.76. The molecule has 4 N–H and O–H groups in total. The zero-order chi connectivity index (χ0) is 13.8. The van der Waals surface area contributed by atoms with Gasteiger partial charge < -0.3 is 10.7 Å². The second-order valence-electron chi connectivity index (χ2n) is 3.69. The largest absolute Gasteiger partial charge is 0.322 e. The fourth-order valence-corrected chi connectivity index (χ4v) is 1.70. The summed E-state index contributed by atoms with van der Waals surface area (Å²) in [5, 5.41) is 2.73. The Hall–Kier alpha value is -2.18. The summed E-state index contributed by atoms with van der Waals surface area (Å²) in [6.07, 6.45) is 1.43. The van der Waals surface area contributed by atoms with Gasteiger partial charge in [0.15, 0.2) is 0 Å². The number of carbonyl (C=O) groups excluding carboxylic acids is 1. The molecule has 2 rings (SSSR count). The Balaban J connectivity index is 2.20. The highest BCUT2D eigenvalue weighted by molar-refractivity contribution is 6.31. The van der Waals surface area contributed by atoms with Crippen molar-refractivity contribution >= 4 is 29.0 Å². The second kappa shape index (κ2) is 5.64. The molecule has 1 amide bonds. The number of nitrogens with zero attached hydrogens (tertiary/aromatic N) is 1. The fraction of sp³-hybridized carbons (Fsp3) is 0. The average Bonchev–Trinajstić information content (AvgIpc) is 2.37. The first-order chi connectivity index (χ1) is 9.08. The number of benzene rings is 1. The second-order valence-corrected chi connectivity index (χ2v) is 4.12. The Kier molecular flexibility index (Phi) is 3.94. The van der Waals surface area contributed by atoms with Crippen LogP contribution in [0.25, 0.3) is 0 Å². The lowest BCUT2D eigenvalue weighted by molar-refractivity contribution is 0.102. The van der Waals surface area contributed by atoms with Crippen molar-refractivity contribution < 1.29 is 9.18 Å². The Morgan fingerprint density at radius 3 is 2.79 bits per heavy atom. The number of nitrogens with two attached hydrogens (primary N) is 1. The van der Waals surface area contributed by atoms with Crippen LogP contribution in [0.2, 0.25) is 5.02 Å². The summed E-state index contributed by atoms with van der Waals surface area (Å²) >= 11 is 5.70. The number of nitrogens with one attached hydrogen (secondary N) is 2. The highest BCUT2D eigenvalue weighted by Gasteiger charge is 2.08. The van der Waals surface area contributed by atoms with Gasteiger partial charge in [0.05, 0.1) is 0 Å². The van der Waals surface area contributed by atoms with Crippen molar-refractivity contribution in [2.24, 2.45) is 5.84 Å². The molecule has 0 aliphatic rings. The van der Waals surface area contributed by atoms with Crippen molar-refractivity contribution in [1.29, 1.82) is 0 Å². The van der Waals surface area contributed by atoms with Gasteiger partial charge in [0, 0.05) is 22.5 Å². The van der Waals surface area contributed by atoms with Crippen LogP contribution in [0, 0.1) is 5.82 Å². The number of hydrogen-bond donors (Lipinski definition) is 3. The van der Waals surface area contributed by atoms with Gasteiger partial charge in [-0.15, -0.1) is 0 Å². The van der Waals surface area contributed by atoms with Crippen LogP contribution in [0.15, 0.2) is 36.5 Å². The molecule has 5 nitrogen and oxygen atoms in total. The zero-order valence-electron chi connectivity index (χ0n) is 9.65. The lowest BCUT2D eigenvalue weighted by atomic mass is 10.2. The molecule has 0 radical (unpaired) electrons. The lowest BCUT2D eigenvalue weighted by Gasteiger charge is -2.07. The molecule has 0 aliphatic carbocycles. The number of aromatic nitrogens is 1. The molecular formula is C12H10ClFN4O. The maximum atomic E-state index is 13.1. The molecule has 1 aromatic heterocycles. The maximum Gasteiger partial charge on any atom is 0.255 e. The maximum absolute atomic E-state index is 13.1. The monoisotopic (exact) mass is 280 g/mol. The van der Waals surface area contributed by atoms with Crippen LogP contribution in [0.1, 0.15) is 10.4 Å². The lowest BCUT2D eigenvalue weighted by Crippen LogP contribution is -2.14. The number of nitrogen functional groups attached to an aromatic ring is 1. The molecule has 1 aromatic carbocycles. The SMILES string of the molecule is NNc1cc(C(=O)Nc2cc(F)cc(Cl)c2)ccn1. The minimum absolute atomic E-state index is 0.203. The Bertz CT molecular complexity index is 600. The summed E-state index contributed by atoms with van der Waals surface area (Å²) in [5.41, 5.74) is 2.94. The molecule has 1 heterocycles. The molecule has 0 fully saturated rings. The number of hydrazine groups is 1. The van der Waals surface area contributed by atoms with Crippen molar-refractivity contribution in [3.8, 4) is 0 Å². The summed E-state index contributed by atoms with van der Waals surface area (Å²) in [5.74, 6) is 4.61. The molecule has 0 unspecified atom stereocenters. The van der Waals surface area contributed by atoms with Crippen LogP contribution in [0.3, 0.4) is 0 Å². The van der Waals surface area contributed by atoms with E-state index in [0.29, 0.717) is 11.4 Å². The van der Waals surface area contributed by atoms with E-state index in [0.717, 1.165) is 6.07 Å². The zero-order valence-corrected chi connectivity index (χ0v) is 10.4. The smallest absolute Gasteiger partial charge is 0.255 e. The van der Waals surface area contributed by atoms with E-state index in [1.807, 2.05) is 0 Å². The molecule has 0 aliphatic heterocycles. The number of halogens is 2. The van der Waals surface area contributed by atoms with E-state index in [2.05, 4.69) is 15.7 Å². The van der Waals surface area contributed by atoms with Gasteiger partial charge in [-0.2, -0.15) is 0 Å². The standard InChI is InChI=1S/C12H10ClFN4O/c13-8-4-9(14)6-10(5-8)17-12(19)7-1-2-16-11(3-7)18-15/h1-6H,15H2,(H,16,18)(H,17,19). The molecule has 19 heavy (non-hydrogen) atoms. The first-order valence-electron chi connectivity index (χ1n) is 5.28. The van der Waals surface area contributed by atoms with Crippen molar-refractivity contribution in [2.75, 3.05) is 10.7 Å². The van der Waals surface area contributed by atoms with Gasteiger partial charge in [-0.3, -0.25) is 4.79 Å². The van der Waals surface area contributed by atoms with E-state index in [4.69, 9.17) is 17.4 Å². The Labute approximate surface area is 113 Å². The number of hydrogen-bond acceptors (Lipinski definition) is 4. The van der Waals surface area contributed by atoms with Crippen molar-refractivity contribution in [3.05, 3.63) is 52.9 Å². The van der Waals surface area contributed by atoms with Gasteiger partial charge in [0.1, 0.15) is 11.6 Å². The van der Waals surface area contributed by atoms with Gasteiger partial charge >= 0.3 is 0 Å². The van der Waals surface area contributed by atoms with Gasteiger partial charge in [0.25, 0.3) is 5.91 Å². The third-order valence-corrected chi connectivity index (χ3v) is 2.51. The number of anilines is 2. The Morgan fingerprint density at radius 2 is 2.11 bits per heavy atom. The fourth-order valence-electron chi connectivity index (χ4n) is 1.48. The molecule has 7 heteroatoms. The minimum atomic E-state index is -0.526. The van der Waals surface area contributed by atoms with E-state index in [1.54, 1.807) is 0 Å². The molecule has 2 aromatic rings. The summed E-state index contributed by atoms with van der Waals surface area (Å²) in [6.45, 7) is 0. The number of carbonyl (C=O) groups is 1. The third-order valence-electron chi connectivity index (χ3n) is 2.29. The first kappa shape index (κ1) is 13.3. The van der Waals surface area contributed by atoms with E-state index in [9.17, 15) is 9.18 Å². The molecule has 0 bridgehead atoms. The van der Waals surface area contributed by atoms with Crippen molar-refractivity contribution in [3.63, 3.8) is 0 Å². The van der Waals surface area contributed by atoms with Crippen molar-refractivity contribution in [1.82, 2.24) is 4.98 Å². The van der Waals surface area contributed by atoms with Crippen LogP contribution < -0.4 is 16.6 Å². The van der Waals surface area contributed by atoms with Gasteiger partial charge in [-0.1, -0.05) is 11.6 Å². The normalized spacial score (nSPS) is 10.1. The average molecular weight is 281 g/mol. The number of pyridine rings is 1. The Morgan fingerprint density at radius 1 is 1.32 bits per heavy atom. The van der Waals surface area contributed by atoms with Crippen LogP contribution in [0.4, 0.5) is 15.9 Å². The summed E-state index contributed by atoms with van der Waals surface area (Å²) in [4.78, 5) is 15.8. The van der Waals surface area contributed by atoms with Gasteiger partial charge in [-0.05, 0) is 30.3 Å². The van der Waals surface area contributed by atoms with Gasteiger partial charge in [-0.25, -0.2) is 15.2 Å². The van der Waals surface area contributed by atoms with Crippen LogP contribution in [-0.4, -0.2) is 10.9 Å². The molecule has 0 saturated carbocycles. The topological polar surface area (TPSA) is 80.0 Å². The summed E-state index contributed by atoms with van der Waals surface area (Å²) < 4.78 is 13.1. The predicted molar refractivity (Wildman–Crippen MR) is 71.4 cm³/mol. The first-order valence-corrected chi connectivity index (χ1v) is 5.66. The molecular weight excluding hydrogens is 271 g/mol. The highest BCUT2D eigenvalue weighted by atomic mass is 35.5. The number of rotatable bonds is 3. The van der Waals surface area contributed by atoms with Crippen LogP contribution in [0.5, 0.6) is 0 Å². The number of amides is 1.